The fourth-order valence-electron chi connectivity index (χ4n) is 3.34. The molecule has 162 valence electrons. The highest BCUT2D eigenvalue weighted by molar-refractivity contribution is 5.76. The molecule has 0 aliphatic carbocycles. The van der Waals surface area contributed by atoms with Gasteiger partial charge in [0.2, 0.25) is 6.10 Å². The minimum absolute atomic E-state index is 0.0335. The topological polar surface area (TPSA) is 104 Å². The number of rotatable bonds is 10. The number of aromatic nitrogens is 3. The summed E-state index contributed by atoms with van der Waals surface area (Å²) in [5.41, 5.74) is -0.169. The standard InChI is InChI=1S/C23H25N3O5/c1-4-15-30-23(17-11-7-5-8-12-17,18-13-9-6-10-14-18)19(20(27)28)31-22-25-16(2)24-21(26-22)29-3/h5-14,19H,4,15H2,1-3H3,(H,27,28). The molecule has 1 heterocycles. The third-order valence-electron chi connectivity index (χ3n) is 4.64. The minimum Gasteiger partial charge on any atom is -0.478 e. The quantitative estimate of drug-likeness (QED) is 0.529. The van der Waals surface area contributed by atoms with Crippen LogP contribution in [0.3, 0.4) is 0 Å². The molecule has 0 amide bonds. The second-order valence-corrected chi connectivity index (χ2v) is 6.80. The Morgan fingerprint density at radius 1 is 0.968 bits per heavy atom. The largest absolute Gasteiger partial charge is 0.478 e. The van der Waals surface area contributed by atoms with E-state index in [1.807, 2.05) is 67.6 Å². The van der Waals surface area contributed by atoms with Crippen molar-refractivity contribution in [2.45, 2.75) is 32.0 Å². The first-order chi connectivity index (χ1) is 15.0. The smallest absolute Gasteiger partial charge is 0.348 e. The molecule has 8 heteroatoms. The highest BCUT2D eigenvalue weighted by Gasteiger charge is 2.50. The van der Waals surface area contributed by atoms with Gasteiger partial charge < -0.3 is 19.3 Å². The van der Waals surface area contributed by atoms with E-state index in [4.69, 9.17) is 14.2 Å². The third-order valence-corrected chi connectivity index (χ3v) is 4.64. The fraction of sp³-hybridized carbons (Fsp3) is 0.304. The number of nitrogens with zero attached hydrogens (tertiary/aromatic N) is 3. The molecule has 0 spiro atoms. The Labute approximate surface area is 180 Å². The zero-order valence-electron chi connectivity index (χ0n) is 17.7. The molecule has 0 bridgehead atoms. The lowest BCUT2D eigenvalue weighted by Crippen LogP contribution is -2.51. The van der Waals surface area contributed by atoms with Crippen LogP contribution in [-0.2, 0) is 15.1 Å². The number of carbonyl (C=O) groups is 1. The van der Waals surface area contributed by atoms with Gasteiger partial charge in [-0.1, -0.05) is 67.6 Å². The minimum atomic E-state index is -1.49. The Morgan fingerprint density at radius 2 is 1.52 bits per heavy atom. The van der Waals surface area contributed by atoms with Gasteiger partial charge in [-0.05, 0) is 24.5 Å². The van der Waals surface area contributed by atoms with E-state index in [1.54, 1.807) is 6.92 Å². The van der Waals surface area contributed by atoms with Crippen molar-refractivity contribution in [1.29, 1.82) is 0 Å². The molecule has 0 aliphatic rings. The number of carboxylic acid groups (broad SMARTS) is 1. The van der Waals surface area contributed by atoms with E-state index >= 15 is 0 Å². The summed E-state index contributed by atoms with van der Waals surface area (Å²) in [6, 6.07) is 18.2. The van der Waals surface area contributed by atoms with E-state index < -0.39 is 17.7 Å². The van der Waals surface area contributed by atoms with Crippen molar-refractivity contribution in [1.82, 2.24) is 15.0 Å². The lowest BCUT2D eigenvalue weighted by atomic mass is 9.81. The molecular weight excluding hydrogens is 398 g/mol. The summed E-state index contributed by atoms with van der Waals surface area (Å²) >= 11 is 0. The monoisotopic (exact) mass is 423 g/mol. The van der Waals surface area contributed by atoms with Crippen molar-refractivity contribution in [3.05, 3.63) is 77.6 Å². The zero-order valence-corrected chi connectivity index (χ0v) is 17.7. The van der Waals surface area contributed by atoms with Crippen molar-refractivity contribution in [2.24, 2.45) is 0 Å². The first kappa shape index (κ1) is 22.2. The molecule has 0 fully saturated rings. The predicted octanol–water partition coefficient (Wildman–Crippen LogP) is 3.39. The number of aliphatic carboxylic acids is 1. The summed E-state index contributed by atoms with van der Waals surface area (Å²) in [5, 5.41) is 10.3. The van der Waals surface area contributed by atoms with Crippen LogP contribution in [0, 0.1) is 6.92 Å². The molecule has 0 radical (unpaired) electrons. The van der Waals surface area contributed by atoms with Crippen LogP contribution in [0.4, 0.5) is 0 Å². The van der Waals surface area contributed by atoms with E-state index in [0.29, 0.717) is 30.0 Å². The maximum atomic E-state index is 12.6. The fourth-order valence-corrected chi connectivity index (χ4v) is 3.34. The summed E-state index contributed by atoms with van der Waals surface area (Å²) in [6.07, 6.45) is -0.803. The van der Waals surface area contributed by atoms with Gasteiger partial charge in [-0.3, -0.25) is 0 Å². The van der Waals surface area contributed by atoms with Crippen molar-refractivity contribution >= 4 is 5.97 Å². The van der Waals surface area contributed by atoms with Crippen molar-refractivity contribution in [2.75, 3.05) is 13.7 Å². The summed E-state index contributed by atoms with van der Waals surface area (Å²) < 4.78 is 17.3. The van der Waals surface area contributed by atoms with E-state index in [0.717, 1.165) is 0 Å². The van der Waals surface area contributed by atoms with Crippen molar-refractivity contribution < 1.29 is 24.1 Å². The molecule has 1 aromatic heterocycles. The van der Waals surface area contributed by atoms with Gasteiger partial charge in [-0.15, -0.1) is 4.98 Å². The van der Waals surface area contributed by atoms with Crippen molar-refractivity contribution in [3.8, 4) is 12.0 Å². The molecule has 3 rings (SSSR count). The molecule has 8 nitrogen and oxygen atoms in total. The van der Waals surface area contributed by atoms with Gasteiger partial charge >= 0.3 is 18.0 Å². The normalized spacial score (nSPS) is 12.2. The number of aryl methyl sites for hydroxylation is 1. The van der Waals surface area contributed by atoms with E-state index in [-0.39, 0.29) is 12.0 Å². The number of hydrogen-bond acceptors (Lipinski definition) is 7. The van der Waals surface area contributed by atoms with Crippen LogP contribution in [0.2, 0.25) is 0 Å². The van der Waals surface area contributed by atoms with Crippen LogP contribution in [0.5, 0.6) is 12.0 Å². The average Bonchev–Trinajstić information content (AvgIpc) is 2.79. The Balaban J connectivity index is 2.21. The maximum absolute atomic E-state index is 12.6. The summed E-state index contributed by atoms with van der Waals surface area (Å²) in [7, 11) is 1.41. The van der Waals surface area contributed by atoms with Crippen LogP contribution in [0.15, 0.2) is 60.7 Å². The number of benzene rings is 2. The highest BCUT2D eigenvalue weighted by atomic mass is 16.6. The second kappa shape index (κ2) is 9.99. The van der Waals surface area contributed by atoms with Crippen molar-refractivity contribution in [3.63, 3.8) is 0 Å². The molecule has 1 unspecified atom stereocenters. The number of carboxylic acids is 1. The third kappa shape index (κ3) is 4.80. The Hall–Kier alpha value is -3.52. The molecule has 1 atom stereocenters. The average molecular weight is 423 g/mol. The van der Waals surface area contributed by atoms with Crippen LogP contribution >= 0.6 is 0 Å². The maximum Gasteiger partial charge on any atom is 0.348 e. The lowest BCUT2D eigenvalue weighted by Gasteiger charge is -2.38. The summed E-state index contributed by atoms with van der Waals surface area (Å²) in [4.78, 5) is 24.8. The Morgan fingerprint density at radius 3 is 2.00 bits per heavy atom. The second-order valence-electron chi connectivity index (χ2n) is 6.80. The van der Waals surface area contributed by atoms with Gasteiger partial charge in [-0.2, -0.15) is 9.97 Å². The first-order valence-electron chi connectivity index (χ1n) is 9.92. The number of ether oxygens (including phenoxy) is 3. The highest BCUT2D eigenvalue weighted by Crippen LogP contribution is 2.39. The molecule has 0 aliphatic heterocycles. The predicted molar refractivity (Wildman–Crippen MR) is 113 cm³/mol. The Kier molecular flexibility index (Phi) is 7.15. The SMILES string of the molecule is CCCOC(c1ccccc1)(c1ccccc1)C(Oc1nc(C)nc(OC)n1)C(=O)O. The van der Waals surface area contributed by atoms with Crippen LogP contribution in [0.25, 0.3) is 0 Å². The summed E-state index contributed by atoms with van der Waals surface area (Å²) in [6.45, 7) is 3.91. The van der Waals surface area contributed by atoms with E-state index in [1.165, 1.54) is 7.11 Å². The van der Waals surface area contributed by atoms with E-state index in [2.05, 4.69) is 15.0 Å². The number of methoxy groups -OCH3 is 1. The molecular formula is C23H25N3O5. The van der Waals surface area contributed by atoms with Gasteiger partial charge in [0.1, 0.15) is 5.82 Å². The van der Waals surface area contributed by atoms with Gasteiger partial charge in [0.05, 0.1) is 7.11 Å². The molecule has 0 saturated carbocycles. The first-order valence-corrected chi connectivity index (χ1v) is 9.92. The molecule has 0 saturated heterocycles. The zero-order chi connectivity index (χ0) is 22.3. The van der Waals surface area contributed by atoms with Crippen LogP contribution in [-0.4, -0.2) is 45.8 Å². The number of hydrogen-bond donors (Lipinski definition) is 1. The molecule has 2 aromatic carbocycles. The molecule has 3 aromatic rings. The van der Waals surface area contributed by atoms with Gasteiger partial charge in [-0.25, -0.2) is 4.79 Å². The molecule has 1 N–H and O–H groups in total. The van der Waals surface area contributed by atoms with E-state index in [9.17, 15) is 9.90 Å². The van der Waals surface area contributed by atoms with Gasteiger partial charge in [0.25, 0.3) is 0 Å². The molecule has 31 heavy (non-hydrogen) atoms. The van der Waals surface area contributed by atoms with Gasteiger partial charge in [0, 0.05) is 6.61 Å². The van der Waals surface area contributed by atoms with Crippen LogP contribution < -0.4 is 9.47 Å². The lowest BCUT2D eigenvalue weighted by molar-refractivity contribution is -0.164. The van der Waals surface area contributed by atoms with Crippen LogP contribution in [0.1, 0.15) is 30.3 Å². The summed E-state index contributed by atoms with van der Waals surface area (Å²) in [5.74, 6) is -0.883. The van der Waals surface area contributed by atoms with Gasteiger partial charge in [0.15, 0.2) is 5.60 Å². The Bertz CT molecular complexity index is 959.